The van der Waals surface area contributed by atoms with Crippen LogP contribution in [0.15, 0.2) is 47.4 Å². The number of halogens is 1. The van der Waals surface area contributed by atoms with E-state index in [-0.39, 0.29) is 11.7 Å². The average Bonchev–Trinajstić information content (AvgIpc) is 2.77. The molecule has 1 amide bonds. The molecule has 23 heavy (non-hydrogen) atoms. The van der Waals surface area contributed by atoms with Crippen molar-refractivity contribution in [3.63, 3.8) is 0 Å². The molecule has 1 aliphatic heterocycles. The first kappa shape index (κ1) is 16.5. The summed E-state index contributed by atoms with van der Waals surface area (Å²) in [5, 5.41) is 9.59. The lowest BCUT2D eigenvalue weighted by atomic mass is 10.2. The monoisotopic (exact) mass is 453 g/mol. The van der Waals surface area contributed by atoms with Gasteiger partial charge in [0.1, 0.15) is 5.75 Å². The van der Waals surface area contributed by atoms with E-state index in [0.717, 1.165) is 20.4 Å². The lowest BCUT2D eigenvalue weighted by Crippen LogP contribution is -2.27. The van der Waals surface area contributed by atoms with Crippen LogP contribution < -0.4 is 4.90 Å². The number of amides is 1. The van der Waals surface area contributed by atoms with Gasteiger partial charge < -0.3 is 5.11 Å². The Hall–Kier alpha value is -1.38. The highest BCUT2D eigenvalue weighted by Crippen LogP contribution is 2.36. The summed E-state index contributed by atoms with van der Waals surface area (Å²) < 4.78 is 1.27. The summed E-state index contributed by atoms with van der Waals surface area (Å²) in [4.78, 5) is 14.8. The Morgan fingerprint density at radius 3 is 2.74 bits per heavy atom. The smallest absolute Gasteiger partial charge is 0.270 e. The first-order valence-electron chi connectivity index (χ1n) is 6.79. The fourth-order valence-corrected chi connectivity index (χ4v) is 4.06. The fraction of sp³-hybridized carbons (Fsp3) is 0.0588. The Bertz CT molecular complexity index is 848. The van der Waals surface area contributed by atoms with Crippen molar-refractivity contribution in [1.29, 1.82) is 0 Å². The van der Waals surface area contributed by atoms with Crippen molar-refractivity contribution >= 4 is 68.6 Å². The average molecular weight is 453 g/mol. The summed E-state index contributed by atoms with van der Waals surface area (Å²) in [5.41, 5.74) is 2.72. The normalized spacial score (nSPS) is 16.4. The van der Waals surface area contributed by atoms with E-state index in [2.05, 4.69) is 22.6 Å². The molecule has 0 bridgehead atoms. The van der Waals surface area contributed by atoms with Crippen LogP contribution in [0.3, 0.4) is 0 Å². The molecule has 0 atom stereocenters. The molecule has 0 aliphatic carbocycles. The molecule has 116 valence electrons. The van der Waals surface area contributed by atoms with Crippen LogP contribution in [0.1, 0.15) is 11.1 Å². The van der Waals surface area contributed by atoms with Crippen LogP contribution in [0.5, 0.6) is 5.75 Å². The van der Waals surface area contributed by atoms with Gasteiger partial charge in [0.2, 0.25) is 0 Å². The zero-order chi connectivity index (χ0) is 16.6. The lowest BCUT2D eigenvalue weighted by molar-refractivity contribution is -0.113. The van der Waals surface area contributed by atoms with Crippen LogP contribution in [0.4, 0.5) is 5.69 Å². The number of thiocarbonyl (C=S) groups is 1. The molecule has 1 saturated heterocycles. The van der Waals surface area contributed by atoms with Crippen LogP contribution in [0, 0.1) is 10.5 Å². The number of phenolic OH excluding ortho intramolecular Hbond substituents is 1. The van der Waals surface area contributed by atoms with Crippen molar-refractivity contribution in [1.82, 2.24) is 0 Å². The SMILES string of the molecule is Cc1cccc(N2C(=O)C(=Cc3ccc(O)c(I)c3)SC2=S)c1. The third-order valence-corrected chi connectivity index (χ3v) is 5.49. The van der Waals surface area contributed by atoms with E-state index >= 15 is 0 Å². The molecule has 0 radical (unpaired) electrons. The van der Waals surface area contributed by atoms with Crippen LogP contribution in [-0.2, 0) is 4.79 Å². The Balaban J connectivity index is 1.94. The van der Waals surface area contributed by atoms with Gasteiger partial charge in [0, 0.05) is 0 Å². The number of hydrogen-bond donors (Lipinski definition) is 1. The minimum atomic E-state index is -0.117. The van der Waals surface area contributed by atoms with Crippen molar-refractivity contribution in [2.45, 2.75) is 6.92 Å². The molecular weight excluding hydrogens is 441 g/mol. The minimum absolute atomic E-state index is 0.117. The highest BCUT2D eigenvalue weighted by molar-refractivity contribution is 14.1. The van der Waals surface area contributed by atoms with Crippen molar-refractivity contribution in [3.8, 4) is 5.75 Å². The molecule has 0 saturated carbocycles. The lowest BCUT2D eigenvalue weighted by Gasteiger charge is -2.14. The number of aromatic hydroxyl groups is 1. The summed E-state index contributed by atoms with van der Waals surface area (Å²) in [7, 11) is 0. The van der Waals surface area contributed by atoms with Crippen molar-refractivity contribution in [2.75, 3.05) is 4.90 Å². The highest BCUT2D eigenvalue weighted by atomic mass is 127. The van der Waals surface area contributed by atoms with Gasteiger partial charge in [-0.1, -0.05) is 42.2 Å². The van der Waals surface area contributed by atoms with Gasteiger partial charge in [-0.3, -0.25) is 9.69 Å². The van der Waals surface area contributed by atoms with Crippen LogP contribution in [0.2, 0.25) is 0 Å². The summed E-state index contributed by atoms with van der Waals surface area (Å²) in [6.07, 6.45) is 1.80. The maximum absolute atomic E-state index is 12.7. The van der Waals surface area contributed by atoms with E-state index in [0.29, 0.717) is 9.23 Å². The highest BCUT2D eigenvalue weighted by Gasteiger charge is 2.33. The van der Waals surface area contributed by atoms with E-state index in [4.69, 9.17) is 12.2 Å². The maximum atomic E-state index is 12.7. The first-order valence-corrected chi connectivity index (χ1v) is 9.09. The standard InChI is InChI=1S/C17H12INO2S2/c1-10-3-2-4-12(7-10)19-16(21)15(23-17(19)22)9-11-5-6-14(20)13(18)8-11/h2-9,20H,1H3. The van der Waals surface area contributed by atoms with Gasteiger partial charge in [0.15, 0.2) is 4.32 Å². The van der Waals surface area contributed by atoms with Crippen molar-refractivity contribution in [2.24, 2.45) is 0 Å². The number of rotatable bonds is 2. The molecular formula is C17H12INO2S2. The van der Waals surface area contributed by atoms with Gasteiger partial charge in [-0.15, -0.1) is 0 Å². The van der Waals surface area contributed by atoms with E-state index < -0.39 is 0 Å². The molecule has 1 fully saturated rings. The van der Waals surface area contributed by atoms with Gasteiger partial charge in [-0.2, -0.15) is 0 Å². The molecule has 1 heterocycles. The quantitative estimate of drug-likeness (QED) is 0.406. The predicted octanol–water partition coefficient (Wildman–Crippen LogP) is 4.71. The van der Waals surface area contributed by atoms with Crippen molar-refractivity contribution < 1.29 is 9.90 Å². The number of carbonyl (C=O) groups is 1. The maximum Gasteiger partial charge on any atom is 0.270 e. The fourth-order valence-electron chi connectivity index (χ4n) is 2.22. The van der Waals surface area contributed by atoms with E-state index in [9.17, 15) is 9.90 Å². The molecule has 1 N–H and O–H groups in total. The predicted molar refractivity (Wildman–Crippen MR) is 108 cm³/mol. The second-order valence-electron chi connectivity index (χ2n) is 5.07. The van der Waals surface area contributed by atoms with Crippen LogP contribution in [-0.4, -0.2) is 15.3 Å². The molecule has 0 unspecified atom stereocenters. The Morgan fingerprint density at radius 2 is 2.04 bits per heavy atom. The van der Waals surface area contributed by atoms with Gasteiger partial charge in [0.25, 0.3) is 5.91 Å². The number of nitrogens with zero attached hydrogens (tertiary/aromatic N) is 1. The number of anilines is 1. The number of benzene rings is 2. The summed E-state index contributed by atoms with van der Waals surface area (Å²) >= 11 is 8.72. The molecule has 0 spiro atoms. The summed E-state index contributed by atoms with van der Waals surface area (Å²) in [5.74, 6) is 0.115. The second-order valence-corrected chi connectivity index (χ2v) is 7.90. The van der Waals surface area contributed by atoms with Gasteiger partial charge in [-0.25, -0.2) is 0 Å². The zero-order valence-electron chi connectivity index (χ0n) is 12.1. The molecule has 2 aromatic carbocycles. The van der Waals surface area contributed by atoms with Crippen LogP contribution >= 0.6 is 46.6 Å². The number of carbonyl (C=O) groups excluding carboxylic acids is 1. The number of hydrogen-bond acceptors (Lipinski definition) is 4. The largest absolute Gasteiger partial charge is 0.507 e. The van der Waals surface area contributed by atoms with Crippen molar-refractivity contribution in [3.05, 3.63) is 62.1 Å². The molecule has 1 aliphatic rings. The van der Waals surface area contributed by atoms with Gasteiger partial charge in [0.05, 0.1) is 14.2 Å². The first-order chi connectivity index (χ1) is 11.0. The van der Waals surface area contributed by atoms with E-state index in [1.165, 1.54) is 11.8 Å². The summed E-state index contributed by atoms with van der Waals surface area (Å²) in [6.45, 7) is 1.98. The molecule has 0 aromatic heterocycles. The van der Waals surface area contributed by atoms with Gasteiger partial charge >= 0.3 is 0 Å². The Labute approximate surface area is 157 Å². The van der Waals surface area contributed by atoms with Gasteiger partial charge in [-0.05, 0) is 71.0 Å². The molecule has 2 aromatic rings. The molecule has 3 nitrogen and oxygen atoms in total. The zero-order valence-corrected chi connectivity index (χ0v) is 15.9. The Morgan fingerprint density at radius 1 is 1.26 bits per heavy atom. The number of aryl methyl sites for hydroxylation is 1. The summed E-state index contributed by atoms with van der Waals surface area (Å²) in [6, 6.07) is 12.9. The topological polar surface area (TPSA) is 40.5 Å². The molecule has 3 rings (SSSR count). The van der Waals surface area contributed by atoms with E-state index in [1.807, 2.05) is 37.3 Å². The number of thioether (sulfide) groups is 1. The van der Waals surface area contributed by atoms with Crippen LogP contribution in [0.25, 0.3) is 6.08 Å². The third kappa shape index (κ3) is 3.44. The Kier molecular flexibility index (Phi) is 4.74. The third-order valence-electron chi connectivity index (χ3n) is 3.32. The molecule has 6 heteroatoms. The van der Waals surface area contributed by atoms with E-state index in [1.54, 1.807) is 23.1 Å². The number of phenols is 1. The second kappa shape index (κ2) is 6.62. The minimum Gasteiger partial charge on any atom is -0.507 e.